The zero-order valence-electron chi connectivity index (χ0n) is 13.9. The second kappa shape index (κ2) is 7.87. The predicted molar refractivity (Wildman–Crippen MR) is 94.4 cm³/mol. The Labute approximate surface area is 146 Å². The highest BCUT2D eigenvalue weighted by molar-refractivity contribution is 7.89. The molecule has 130 valence electrons. The summed E-state index contributed by atoms with van der Waals surface area (Å²) >= 11 is 1.48. The second-order valence-electron chi connectivity index (χ2n) is 5.55. The molecule has 0 unspecified atom stereocenters. The Morgan fingerprint density at radius 1 is 1.21 bits per heavy atom. The molecule has 0 atom stereocenters. The topological polar surface area (TPSA) is 88.2 Å². The van der Waals surface area contributed by atoms with Crippen molar-refractivity contribution < 1.29 is 13.2 Å². The van der Waals surface area contributed by atoms with Gasteiger partial charge in [-0.2, -0.15) is 0 Å². The minimum absolute atomic E-state index is 0.0536. The molecule has 2 aromatic rings. The number of aromatic nitrogens is 1. The Morgan fingerprint density at radius 2 is 1.96 bits per heavy atom. The average molecular weight is 367 g/mol. The molecule has 1 heterocycles. The van der Waals surface area contributed by atoms with Crippen LogP contribution in [-0.4, -0.2) is 25.9 Å². The van der Waals surface area contributed by atoms with Crippen molar-refractivity contribution in [2.75, 3.05) is 6.54 Å². The summed E-state index contributed by atoms with van der Waals surface area (Å²) in [5.74, 6) is -0.217. The van der Waals surface area contributed by atoms with E-state index in [-0.39, 0.29) is 23.8 Å². The largest absolute Gasteiger partial charge is 0.350 e. The molecule has 0 spiro atoms. The molecule has 1 aromatic heterocycles. The maximum Gasteiger partial charge on any atom is 0.240 e. The van der Waals surface area contributed by atoms with Gasteiger partial charge in [-0.1, -0.05) is 6.07 Å². The third-order valence-corrected chi connectivity index (χ3v) is 5.96. The third kappa shape index (κ3) is 5.12. The van der Waals surface area contributed by atoms with E-state index in [1.54, 1.807) is 18.2 Å². The molecule has 0 fully saturated rings. The zero-order chi connectivity index (χ0) is 17.7. The molecule has 24 heavy (non-hydrogen) atoms. The first-order valence-electron chi connectivity index (χ1n) is 7.52. The lowest BCUT2D eigenvalue weighted by Gasteiger charge is -2.09. The molecule has 8 heteroatoms. The van der Waals surface area contributed by atoms with Crippen molar-refractivity contribution in [2.24, 2.45) is 0 Å². The van der Waals surface area contributed by atoms with Crippen LogP contribution >= 0.6 is 11.3 Å². The summed E-state index contributed by atoms with van der Waals surface area (Å²) in [6.07, 6.45) is 0.0778. The smallest absolute Gasteiger partial charge is 0.240 e. The van der Waals surface area contributed by atoms with Crippen LogP contribution in [0.4, 0.5) is 0 Å². The number of amides is 1. The molecule has 0 aliphatic heterocycles. The number of nitrogens with one attached hydrogen (secondary N) is 2. The van der Waals surface area contributed by atoms with Gasteiger partial charge in [-0.25, -0.2) is 18.1 Å². The van der Waals surface area contributed by atoms with Crippen LogP contribution in [0, 0.1) is 20.8 Å². The first kappa shape index (κ1) is 18.6. The van der Waals surface area contributed by atoms with Crippen molar-refractivity contribution in [3.63, 3.8) is 0 Å². The van der Waals surface area contributed by atoms with Gasteiger partial charge in [-0.05, 0) is 44.0 Å². The lowest BCUT2D eigenvalue weighted by atomic mass is 10.1. The maximum absolute atomic E-state index is 12.2. The van der Waals surface area contributed by atoms with Crippen LogP contribution in [0.2, 0.25) is 0 Å². The highest BCUT2D eigenvalue weighted by atomic mass is 32.2. The predicted octanol–water partition coefficient (Wildman–Crippen LogP) is 2.05. The van der Waals surface area contributed by atoms with Crippen LogP contribution in [0.1, 0.15) is 28.2 Å². The van der Waals surface area contributed by atoms with Crippen LogP contribution in [0.3, 0.4) is 0 Å². The van der Waals surface area contributed by atoms with Crippen molar-refractivity contribution in [2.45, 2.75) is 38.6 Å². The van der Waals surface area contributed by atoms with Gasteiger partial charge in [-0.15, -0.1) is 11.3 Å². The van der Waals surface area contributed by atoms with Gasteiger partial charge in [0.15, 0.2) is 0 Å². The van der Waals surface area contributed by atoms with E-state index in [1.165, 1.54) is 11.3 Å². The number of carbonyl (C=O) groups is 1. The number of hydrogen-bond acceptors (Lipinski definition) is 5. The van der Waals surface area contributed by atoms with Gasteiger partial charge >= 0.3 is 0 Å². The summed E-state index contributed by atoms with van der Waals surface area (Å²) in [7, 11) is -3.60. The fourth-order valence-corrected chi connectivity index (χ4v) is 3.84. The molecule has 0 saturated heterocycles. The SMILES string of the molecule is Cc1csc(CNC(=O)CCNS(=O)(=O)c2ccc(C)c(C)c2)n1. The third-order valence-electron chi connectivity index (χ3n) is 3.54. The average Bonchev–Trinajstić information content (AvgIpc) is 2.93. The van der Waals surface area contributed by atoms with E-state index < -0.39 is 10.0 Å². The van der Waals surface area contributed by atoms with E-state index >= 15 is 0 Å². The monoisotopic (exact) mass is 367 g/mol. The fourth-order valence-electron chi connectivity index (χ4n) is 2.01. The highest BCUT2D eigenvalue weighted by Crippen LogP contribution is 2.14. The quantitative estimate of drug-likeness (QED) is 0.784. The summed E-state index contributed by atoms with van der Waals surface area (Å²) < 4.78 is 26.9. The van der Waals surface area contributed by atoms with Crippen molar-refractivity contribution in [3.05, 3.63) is 45.4 Å². The van der Waals surface area contributed by atoms with E-state index in [0.717, 1.165) is 21.8 Å². The molecule has 6 nitrogen and oxygen atoms in total. The van der Waals surface area contributed by atoms with Crippen LogP contribution < -0.4 is 10.0 Å². The fraction of sp³-hybridized carbons (Fsp3) is 0.375. The molecule has 0 aliphatic rings. The number of nitrogens with zero attached hydrogens (tertiary/aromatic N) is 1. The van der Waals surface area contributed by atoms with Gasteiger partial charge in [0, 0.05) is 24.0 Å². The van der Waals surface area contributed by atoms with E-state index in [9.17, 15) is 13.2 Å². The van der Waals surface area contributed by atoms with Gasteiger partial charge in [0.1, 0.15) is 5.01 Å². The van der Waals surface area contributed by atoms with Gasteiger partial charge in [-0.3, -0.25) is 4.79 Å². The minimum atomic E-state index is -3.60. The first-order chi connectivity index (χ1) is 11.3. The molecular formula is C16H21N3O3S2. The summed E-state index contributed by atoms with van der Waals surface area (Å²) in [4.78, 5) is 16.2. The van der Waals surface area contributed by atoms with E-state index in [1.807, 2.05) is 26.2 Å². The molecule has 0 saturated carbocycles. The Balaban J connectivity index is 1.81. The first-order valence-corrected chi connectivity index (χ1v) is 9.89. The highest BCUT2D eigenvalue weighted by Gasteiger charge is 2.15. The van der Waals surface area contributed by atoms with Crippen LogP contribution in [0.5, 0.6) is 0 Å². The lowest BCUT2D eigenvalue weighted by molar-refractivity contribution is -0.121. The number of aryl methyl sites for hydroxylation is 3. The van der Waals surface area contributed by atoms with Gasteiger partial charge in [0.25, 0.3) is 0 Å². The molecule has 2 N–H and O–H groups in total. The summed E-state index contributed by atoms with van der Waals surface area (Å²) in [6.45, 7) is 6.10. The Morgan fingerprint density at radius 3 is 2.58 bits per heavy atom. The number of benzene rings is 1. The number of hydrogen-bond donors (Lipinski definition) is 2. The molecule has 1 aromatic carbocycles. The van der Waals surface area contributed by atoms with Crippen molar-refractivity contribution in [1.82, 2.24) is 15.0 Å². The molecule has 2 rings (SSSR count). The van der Waals surface area contributed by atoms with Gasteiger partial charge in [0.05, 0.1) is 11.4 Å². The number of sulfonamides is 1. The minimum Gasteiger partial charge on any atom is -0.350 e. The Hall–Kier alpha value is -1.77. The number of thiazole rings is 1. The van der Waals surface area contributed by atoms with E-state index in [0.29, 0.717) is 6.54 Å². The maximum atomic E-state index is 12.2. The summed E-state index contributed by atoms with van der Waals surface area (Å²) in [6, 6.07) is 4.96. The number of carbonyl (C=O) groups excluding carboxylic acids is 1. The molecule has 0 bridgehead atoms. The van der Waals surface area contributed by atoms with E-state index in [2.05, 4.69) is 15.0 Å². The molecular weight excluding hydrogens is 346 g/mol. The second-order valence-corrected chi connectivity index (χ2v) is 8.26. The standard InChI is InChI=1S/C16H21N3O3S2/c1-11-4-5-14(8-12(11)2)24(21,22)18-7-6-15(20)17-9-16-19-13(3)10-23-16/h4-5,8,10,18H,6-7,9H2,1-3H3,(H,17,20). The van der Waals surface area contributed by atoms with Crippen molar-refractivity contribution >= 4 is 27.3 Å². The summed E-state index contributed by atoms with van der Waals surface area (Å²) in [5, 5.41) is 5.48. The molecule has 0 radical (unpaired) electrons. The van der Waals surface area contributed by atoms with E-state index in [4.69, 9.17) is 0 Å². The van der Waals surface area contributed by atoms with Crippen molar-refractivity contribution in [1.29, 1.82) is 0 Å². The van der Waals surface area contributed by atoms with Crippen LogP contribution in [0.15, 0.2) is 28.5 Å². The number of rotatable bonds is 7. The lowest BCUT2D eigenvalue weighted by Crippen LogP contribution is -2.30. The van der Waals surface area contributed by atoms with Crippen LogP contribution in [-0.2, 0) is 21.4 Å². The van der Waals surface area contributed by atoms with Crippen LogP contribution in [0.25, 0.3) is 0 Å². The molecule has 0 aliphatic carbocycles. The zero-order valence-corrected chi connectivity index (χ0v) is 15.6. The van der Waals surface area contributed by atoms with Gasteiger partial charge < -0.3 is 5.32 Å². The Kier molecular flexibility index (Phi) is 6.09. The molecule has 1 amide bonds. The summed E-state index contributed by atoms with van der Waals surface area (Å²) in [5.41, 5.74) is 2.87. The normalized spacial score (nSPS) is 11.5. The van der Waals surface area contributed by atoms with Crippen molar-refractivity contribution in [3.8, 4) is 0 Å². The van der Waals surface area contributed by atoms with Gasteiger partial charge in [0.2, 0.25) is 15.9 Å². The Bertz CT molecular complexity index is 829.